The van der Waals surface area contributed by atoms with Gasteiger partial charge in [0.2, 0.25) is 5.91 Å². The number of carbonyl (C=O) groups excluding carboxylic acids is 1. The summed E-state index contributed by atoms with van der Waals surface area (Å²) < 4.78 is 0.986. The molecule has 3 nitrogen and oxygen atoms in total. The van der Waals surface area contributed by atoms with E-state index in [1.54, 1.807) is 0 Å². The number of carbonyl (C=O) groups is 1. The van der Waals surface area contributed by atoms with E-state index in [0.717, 1.165) is 15.9 Å². The minimum atomic E-state index is -0.372. The zero-order valence-corrected chi connectivity index (χ0v) is 11.2. The van der Waals surface area contributed by atoms with Crippen LogP contribution < -0.4 is 11.1 Å². The van der Waals surface area contributed by atoms with Crippen LogP contribution in [-0.2, 0) is 4.79 Å². The summed E-state index contributed by atoms with van der Waals surface area (Å²) in [7, 11) is 0. The monoisotopic (exact) mass is 290 g/mol. The number of hydrogen-bond donors (Lipinski definition) is 2. The lowest BCUT2D eigenvalue weighted by atomic mass is 10.2. The van der Waals surface area contributed by atoms with Gasteiger partial charge in [-0.25, -0.2) is 0 Å². The maximum atomic E-state index is 11.3. The quantitative estimate of drug-likeness (QED) is 0.874. The van der Waals surface area contributed by atoms with Gasteiger partial charge in [0.25, 0.3) is 0 Å². The van der Waals surface area contributed by atoms with E-state index in [2.05, 4.69) is 35.1 Å². The molecule has 1 aromatic heterocycles. The predicted molar refractivity (Wildman–Crippen MR) is 66.8 cm³/mol. The molecule has 0 spiro atoms. The van der Waals surface area contributed by atoms with Gasteiger partial charge in [0, 0.05) is 14.7 Å². The van der Waals surface area contributed by atoms with Crippen molar-refractivity contribution in [3.05, 3.63) is 20.8 Å². The second kappa shape index (κ2) is 5.63. The molecule has 5 heteroatoms. The van der Waals surface area contributed by atoms with Crippen LogP contribution in [0.5, 0.6) is 0 Å². The topological polar surface area (TPSA) is 55.1 Å². The molecule has 3 N–H and O–H groups in total. The Bertz CT molecular complexity index is 338. The number of thiophene rings is 1. The molecule has 1 atom stereocenters. The van der Waals surface area contributed by atoms with E-state index >= 15 is 0 Å². The van der Waals surface area contributed by atoms with Crippen molar-refractivity contribution < 1.29 is 4.79 Å². The molecule has 1 unspecified atom stereocenters. The average Bonchev–Trinajstić information content (AvgIpc) is 2.51. The van der Waals surface area contributed by atoms with Gasteiger partial charge in [-0.3, -0.25) is 4.79 Å². The van der Waals surface area contributed by atoms with Gasteiger partial charge < -0.3 is 11.1 Å². The van der Waals surface area contributed by atoms with E-state index in [1.165, 1.54) is 11.3 Å². The normalized spacial score (nSPS) is 13.1. The van der Waals surface area contributed by atoms with Crippen LogP contribution in [0.25, 0.3) is 0 Å². The average molecular weight is 291 g/mol. The molecule has 0 bridgehead atoms. The van der Waals surface area contributed by atoms with Gasteiger partial charge in [-0.15, -0.1) is 11.3 Å². The van der Waals surface area contributed by atoms with Gasteiger partial charge in [0.1, 0.15) is 6.04 Å². The minimum Gasteiger partial charge on any atom is -0.368 e. The number of hydrogen-bond acceptors (Lipinski definition) is 3. The Balaban J connectivity index is 2.70. The van der Waals surface area contributed by atoms with Crippen LogP contribution in [0.1, 0.15) is 24.8 Å². The first kappa shape index (κ1) is 12.7. The molecule has 0 aromatic carbocycles. The molecule has 1 rings (SSSR count). The fourth-order valence-corrected chi connectivity index (χ4v) is 2.70. The summed E-state index contributed by atoms with van der Waals surface area (Å²) in [5.74, 6) is 0.167. The van der Waals surface area contributed by atoms with Gasteiger partial charge in [0.15, 0.2) is 0 Å². The predicted octanol–water partition coefficient (Wildman–Crippen LogP) is 2.28. The van der Waals surface area contributed by atoms with Crippen molar-refractivity contribution in [1.82, 2.24) is 5.32 Å². The molecule has 0 radical (unpaired) electrons. The zero-order valence-electron chi connectivity index (χ0n) is 8.79. The number of halogens is 1. The van der Waals surface area contributed by atoms with Gasteiger partial charge in [-0.1, -0.05) is 13.8 Å². The Labute approximate surface area is 102 Å². The van der Waals surface area contributed by atoms with Crippen LogP contribution in [0.4, 0.5) is 0 Å². The molecule has 0 aliphatic heterocycles. The summed E-state index contributed by atoms with van der Waals surface area (Å²) in [5.41, 5.74) is 5.35. The highest BCUT2D eigenvalue weighted by Gasteiger charge is 2.18. The fourth-order valence-electron chi connectivity index (χ4n) is 1.17. The second-order valence-electron chi connectivity index (χ2n) is 3.80. The summed E-state index contributed by atoms with van der Waals surface area (Å²) in [4.78, 5) is 12.2. The van der Waals surface area contributed by atoms with Crippen molar-refractivity contribution in [2.24, 2.45) is 11.7 Å². The molecule has 1 aromatic rings. The third-order valence-corrected chi connectivity index (χ3v) is 3.65. The van der Waals surface area contributed by atoms with Crippen molar-refractivity contribution >= 4 is 33.2 Å². The fraction of sp³-hybridized carbons (Fsp3) is 0.500. The van der Waals surface area contributed by atoms with E-state index in [1.807, 2.05) is 11.4 Å². The maximum absolute atomic E-state index is 11.3. The van der Waals surface area contributed by atoms with Gasteiger partial charge in [-0.05, 0) is 34.5 Å². The first-order valence-electron chi connectivity index (χ1n) is 4.77. The summed E-state index contributed by atoms with van der Waals surface area (Å²) in [6.07, 6.45) is 0. The molecule has 0 aliphatic rings. The summed E-state index contributed by atoms with van der Waals surface area (Å²) in [6, 6.07) is 1.55. The van der Waals surface area contributed by atoms with Crippen molar-refractivity contribution in [3.63, 3.8) is 0 Å². The van der Waals surface area contributed by atoms with E-state index in [-0.39, 0.29) is 11.9 Å². The number of primary amides is 1. The Morgan fingerprint density at radius 3 is 2.73 bits per heavy atom. The number of rotatable bonds is 5. The minimum absolute atomic E-state index is 0.329. The SMILES string of the molecule is CC(C)CNC(C(N)=O)c1cc(Br)cs1. The van der Waals surface area contributed by atoms with Crippen LogP contribution >= 0.6 is 27.3 Å². The van der Waals surface area contributed by atoms with E-state index < -0.39 is 0 Å². The first-order valence-corrected chi connectivity index (χ1v) is 6.44. The molecular formula is C10H15BrN2OS. The summed E-state index contributed by atoms with van der Waals surface area (Å²) in [5, 5.41) is 5.11. The Kier molecular flexibility index (Phi) is 4.76. The molecule has 1 heterocycles. The van der Waals surface area contributed by atoms with Crippen LogP contribution in [0.2, 0.25) is 0 Å². The van der Waals surface area contributed by atoms with Crippen molar-refractivity contribution in [3.8, 4) is 0 Å². The largest absolute Gasteiger partial charge is 0.368 e. The maximum Gasteiger partial charge on any atom is 0.239 e. The third-order valence-electron chi connectivity index (χ3n) is 1.89. The standard InChI is InChI=1S/C10H15BrN2OS/c1-6(2)4-13-9(10(12)14)8-3-7(11)5-15-8/h3,5-6,9,13H,4H2,1-2H3,(H2,12,14). The highest BCUT2D eigenvalue weighted by Crippen LogP contribution is 2.25. The van der Waals surface area contributed by atoms with E-state index in [4.69, 9.17) is 5.73 Å². The Morgan fingerprint density at radius 2 is 2.33 bits per heavy atom. The molecule has 15 heavy (non-hydrogen) atoms. The van der Waals surface area contributed by atoms with Gasteiger partial charge >= 0.3 is 0 Å². The Hall–Kier alpha value is -0.390. The lowest BCUT2D eigenvalue weighted by molar-refractivity contribution is -0.120. The van der Waals surface area contributed by atoms with Crippen LogP contribution in [0.3, 0.4) is 0 Å². The van der Waals surface area contributed by atoms with E-state index in [9.17, 15) is 4.79 Å². The zero-order chi connectivity index (χ0) is 11.4. The highest BCUT2D eigenvalue weighted by atomic mass is 79.9. The van der Waals surface area contributed by atoms with Crippen LogP contribution in [-0.4, -0.2) is 12.5 Å². The molecule has 0 fully saturated rings. The molecule has 0 saturated heterocycles. The van der Waals surface area contributed by atoms with Crippen LogP contribution in [0, 0.1) is 5.92 Å². The molecule has 84 valence electrons. The molecule has 1 amide bonds. The van der Waals surface area contributed by atoms with Gasteiger partial charge in [0.05, 0.1) is 0 Å². The van der Waals surface area contributed by atoms with Crippen molar-refractivity contribution in [2.75, 3.05) is 6.54 Å². The lowest BCUT2D eigenvalue weighted by Crippen LogP contribution is -2.35. The number of amides is 1. The molecule has 0 saturated carbocycles. The van der Waals surface area contributed by atoms with E-state index in [0.29, 0.717) is 5.92 Å². The van der Waals surface area contributed by atoms with Crippen LogP contribution in [0.15, 0.2) is 15.9 Å². The lowest BCUT2D eigenvalue weighted by Gasteiger charge is -2.15. The van der Waals surface area contributed by atoms with Crippen molar-refractivity contribution in [1.29, 1.82) is 0 Å². The number of nitrogens with two attached hydrogens (primary N) is 1. The number of nitrogens with one attached hydrogen (secondary N) is 1. The molecule has 0 aliphatic carbocycles. The summed E-state index contributed by atoms with van der Waals surface area (Å²) in [6.45, 7) is 4.97. The smallest absolute Gasteiger partial charge is 0.239 e. The van der Waals surface area contributed by atoms with Crippen molar-refractivity contribution in [2.45, 2.75) is 19.9 Å². The van der Waals surface area contributed by atoms with Gasteiger partial charge in [-0.2, -0.15) is 0 Å². The second-order valence-corrected chi connectivity index (χ2v) is 5.66. The third kappa shape index (κ3) is 3.93. The summed E-state index contributed by atoms with van der Waals surface area (Å²) >= 11 is 4.89. The molecular weight excluding hydrogens is 276 g/mol. The Morgan fingerprint density at radius 1 is 1.67 bits per heavy atom. The highest BCUT2D eigenvalue weighted by molar-refractivity contribution is 9.10. The first-order chi connectivity index (χ1) is 7.00.